The molecule has 2 fully saturated rings. The Bertz CT molecular complexity index is 1180. The lowest BCUT2D eigenvalue weighted by Gasteiger charge is -2.48. The van der Waals surface area contributed by atoms with E-state index in [0.29, 0.717) is 6.61 Å². The van der Waals surface area contributed by atoms with Crippen LogP contribution in [0.1, 0.15) is 29.5 Å². The smallest absolute Gasteiger partial charge is 0.124 e. The van der Waals surface area contributed by atoms with Gasteiger partial charge in [-0.3, -0.25) is 4.90 Å². The molecule has 0 aliphatic carbocycles. The van der Waals surface area contributed by atoms with Crippen LogP contribution >= 0.6 is 27.5 Å². The minimum absolute atomic E-state index is 0.502. The van der Waals surface area contributed by atoms with Gasteiger partial charge in [-0.05, 0) is 48.7 Å². The van der Waals surface area contributed by atoms with Crippen LogP contribution in [0.15, 0.2) is 77.3 Å². The monoisotopic (exact) mass is 598 g/mol. The molecule has 0 amide bonds. The molecule has 2 N–H and O–H groups in total. The van der Waals surface area contributed by atoms with E-state index in [1.54, 1.807) is 0 Å². The maximum absolute atomic E-state index is 11.8. The number of aliphatic hydroxyl groups is 1. The quantitative estimate of drug-likeness (QED) is 0.313. The molecule has 0 atom stereocenters. The second-order valence-corrected chi connectivity index (χ2v) is 12.4. The Balaban J connectivity index is 1.21. The largest absolute Gasteiger partial charge is 0.489 e. The first-order chi connectivity index (χ1) is 18.4. The lowest BCUT2D eigenvalue weighted by atomic mass is 9.89. The van der Waals surface area contributed by atoms with Gasteiger partial charge in [-0.15, -0.1) is 0 Å². The van der Waals surface area contributed by atoms with Crippen molar-refractivity contribution in [3.8, 4) is 5.75 Å². The summed E-state index contributed by atoms with van der Waals surface area (Å²) in [5, 5.41) is 16.0. The zero-order valence-electron chi connectivity index (χ0n) is 21.9. The van der Waals surface area contributed by atoms with E-state index >= 15 is 0 Å². The molecule has 7 heteroatoms. The van der Waals surface area contributed by atoms with Crippen molar-refractivity contribution in [3.63, 3.8) is 0 Å². The number of rotatable bonds is 9. The van der Waals surface area contributed by atoms with Crippen molar-refractivity contribution in [3.05, 3.63) is 99.0 Å². The number of hydrogen-bond donors (Lipinski definition) is 2. The second kappa shape index (κ2) is 12.5. The van der Waals surface area contributed by atoms with E-state index < -0.39 is 5.60 Å². The SMILES string of the molecule is OC1(C[N+]2(Cc3ccccc3)CCNCC2)CCN(Cc2cc(Br)ccc2OCc2ccc(Cl)cc2)CC1. The van der Waals surface area contributed by atoms with E-state index in [2.05, 4.69) is 62.5 Å². The van der Waals surface area contributed by atoms with Crippen molar-refractivity contribution in [1.82, 2.24) is 10.2 Å². The third-order valence-electron chi connectivity index (χ3n) is 8.03. The van der Waals surface area contributed by atoms with Crippen LogP contribution in [0.4, 0.5) is 0 Å². The molecule has 38 heavy (non-hydrogen) atoms. The standard InChI is InChI=1S/C31H38BrClN3O2/c32-28-8-11-30(38-23-26-6-9-29(33)10-7-26)27(20-28)21-35-16-12-31(37,13-17-35)24-36(18-14-34-15-19-36)22-25-4-2-1-3-5-25/h1-11,20,34,37H,12-19,21-24H2/q+1. The van der Waals surface area contributed by atoms with Crippen LogP contribution in [0.25, 0.3) is 0 Å². The molecule has 2 aliphatic heterocycles. The Morgan fingerprint density at radius 2 is 1.66 bits per heavy atom. The number of piperazine rings is 1. The molecular weight excluding hydrogens is 562 g/mol. The Kier molecular flexibility index (Phi) is 9.09. The Hall–Kier alpha value is -1.93. The molecular formula is C31H38BrClN3O2+. The predicted octanol–water partition coefficient (Wildman–Crippen LogP) is 5.63. The number of piperidine rings is 1. The summed E-state index contributed by atoms with van der Waals surface area (Å²) in [5.74, 6) is 0.900. The summed E-state index contributed by atoms with van der Waals surface area (Å²) < 4.78 is 8.23. The summed E-state index contributed by atoms with van der Waals surface area (Å²) in [4.78, 5) is 2.45. The molecule has 2 heterocycles. The van der Waals surface area contributed by atoms with Gasteiger partial charge in [-0.25, -0.2) is 0 Å². The van der Waals surface area contributed by atoms with Gasteiger partial charge >= 0.3 is 0 Å². The maximum Gasteiger partial charge on any atom is 0.124 e. The third kappa shape index (κ3) is 7.38. The summed E-state index contributed by atoms with van der Waals surface area (Å²) in [6.45, 7) is 9.02. The minimum Gasteiger partial charge on any atom is -0.489 e. The summed E-state index contributed by atoms with van der Waals surface area (Å²) in [6.07, 6.45) is 1.59. The fraction of sp³-hybridized carbons (Fsp3) is 0.419. The van der Waals surface area contributed by atoms with Crippen LogP contribution in [0.5, 0.6) is 5.75 Å². The van der Waals surface area contributed by atoms with Crippen LogP contribution in [-0.2, 0) is 19.7 Å². The van der Waals surface area contributed by atoms with Gasteiger partial charge in [-0.2, -0.15) is 0 Å². The number of ether oxygens (including phenoxy) is 1. The highest BCUT2D eigenvalue weighted by Crippen LogP contribution is 2.31. The van der Waals surface area contributed by atoms with Crippen molar-refractivity contribution in [2.24, 2.45) is 0 Å². The zero-order chi connectivity index (χ0) is 26.4. The molecule has 202 valence electrons. The lowest BCUT2D eigenvalue weighted by Crippen LogP contribution is -2.64. The summed E-state index contributed by atoms with van der Waals surface area (Å²) >= 11 is 9.66. The molecule has 3 aromatic rings. The number of benzene rings is 3. The first kappa shape index (κ1) is 27.6. The average Bonchev–Trinajstić information content (AvgIpc) is 2.91. The molecule has 0 unspecified atom stereocenters. The fourth-order valence-corrected chi connectivity index (χ4v) is 6.45. The highest BCUT2D eigenvalue weighted by atomic mass is 79.9. The van der Waals surface area contributed by atoms with Crippen molar-refractivity contribution in [2.45, 2.75) is 38.1 Å². The van der Waals surface area contributed by atoms with Gasteiger partial charge in [0.1, 0.15) is 31.0 Å². The topological polar surface area (TPSA) is 44.7 Å². The van der Waals surface area contributed by atoms with Crippen molar-refractivity contribution >= 4 is 27.5 Å². The van der Waals surface area contributed by atoms with E-state index in [9.17, 15) is 5.11 Å². The van der Waals surface area contributed by atoms with E-state index in [1.807, 2.05) is 36.4 Å². The van der Waals surface area contributed by atoms with Crippen LogP contribution in [0, 0.1) is 0 Å². The molecule has 2 aliphatic rings. The molecule has 0 bridgehead atoms. The number of quaternary nitrogens is 1. The fourth-order valence-electron chi connectivity index (χ4n) is 5.92. The van der Waals surface area contributed by atoms with Crippen molar-refractivity contribution in [1.29, 1.82) is 0 Å². The number of likely N-dealkylation sites (tertiary alicyclic amines) is 1. The van der Waals surface area contributed by atoms with Crippen LogP contribution in [0.3, 0.4) is 0 Å². The zero-order valence-corrected chi connectivity index (χ0v) is 24.3. The Labute approximate surface area is 240 Å². The van der Waals surface area contributed by atoms with Gasteiger partial charge in [0.15, 0.2) is 0 Å². The van der Waals surface area contributed by atoms with Gasteiger partial charge in [0.2, 0.25) is 0 Å². The maximum atomic E-state index is 11.8. The van der Waals surface area contributed by atoms with Gasteiger partial charge in [0.25, 0.3) is 0 Å². The van der Waals surface area contributed by atoms with Crippen molar-refractivity contribution < 1.29 is 14.3 Å². The third-order valence-corrected chi connectivity index (χ3v) is 8.77. The molecule has 5 rings (SSSR count). The van der Waals surface area contributed by atoms with E-state index in [-0.39, 0.29) is 0 Å². The minimum atomic E-state index is -0.631. The highest BCUT2D eigenvalue weighted by Gasteiger charge is 2.42. The predicted molar refractivity (Wildman–Crippen MR) is 157 cm³/mol. The Morgan fingerprint density at radius 3 is 2.37 bits per heavy atom. The molecule has 0 spiro atoms. The number of hydrogen-bond acceptors (Lipinski definition) is 4. The number of nitrogens with one attached hydrogen (secondary N) is 1. The number of nitrogens with zero attached hydrogens (tertiary/aromatic N) is 2. The van der Waals surface area contributed by atoms with E-state index in [4.69, 9.17) is 16.3 Å². The average molecular weight is 600 g/mol. The van der Waals surface area contributed by atoms with Gasteiger partial charge < -0.3 is 19.6 Å². The van der Waals surface area contributed by atoms with Crippen LogP contribution < -0.4 is 10.1 Å². The normalized spacial score (nSPS) is 19.2. The van der Waals surface area contributed by atoms with E-state index in [1.165, 1.54) is 5.56 Å². The van der Waals surface area contributed by atoms with Crippen LogP contribution in [0.2, 0.25) is 5.02 Å². The van der Waals surface area contributed by atoms with Crippen molar-refractivity contribution in [2.75, 3.05) is 45.8 Å². The molecule has 0 radical (unpaired) electrons. The molecule has 3 aromatic carbocycles. The van der Waals surface area contributed by atoms with Gasteiger partial charge in [0, 0.05) is 53.3 Å². The van der Waals surface area contributed by atoms with E-state index in [0.717, 1.165) is 103 Å². The second-order valence-electron chi connectivity index (χ2n) is 11.0. The first-order valence-electron chi connectivity index (χ1n) is 13.6. The first-order valence-corrected chi connectivity index (χ1v) is 14.8. The molecule has 2 saturated heterocycles. The highest BCUT2D eigenvalue weighted by molar-refractivity contribution is 9.10. The lowest BCUT2D eigenvalue weighted by molar-refractivity contribution is -0.948. The number of halogens is 2. The summed E-state index contributed by atoms with van der Waals surface area (Å²) in [6, 6.07) is 24.8. The summed E-state index contributed by atoms with van der Waals surface area (Å²) in [7, 11) is 0. The van der Waals surface area contributed by atoms with Crippen LogP contribution in [-0.4, -0.2) is 65.9 Å². The summed E-state index contributed by atoms with van der Waals surface area (Å²) in [5.41, 5.74) is 2.98. The molecule has 5 nitrogen and oxygen atoms in total. The Morgan fingerprint density at radius 1 is 0.947 bits per heavy atom. The molecule has 0 saturated carbocycles. The van der Waals surface area contributed by atoms with Gasteiger partial charge in [-0.1, -0.05) is 70.0 Å². The molecule has 0 aromatic heterocycles. The van der Waals surface area contributed by atoms with Gasteiger partial charge in [0.05, 0.1) is 13.1 Å².